The van der Waals surface area contributed by atoms with Gasteiger partial charge >= 0.3 is 5.97 Å². The number of hydrogen-bond acceptors (Lipinski definition) is 2. The van der Waals surface area contributed by atoms with Crippen LogP contribution in [-0.2, 0) is 0 Å². The Kier molecular flexibility index (Phi) is 4.64. The van der Waals surface area contributed by atoms with Gasteiger partial charge in [0.15, 0.2) is 0 Å². The average molecular weight is 291 g/mol. The number of ether oxygens (including phenoxy) is 1. The average Bonchev–Trinajstić information content (AvgIpc) is 2.45. The fourth-order valence-corrected chi connectivity index (χ4v) is 2.08. The third-order valence-electron chi connectivity index (χ3n) is 2.81. The van der Waals surface area contributed by atoms with E-state index in [1.54, 1.807) is 12.1 Å². The summed E-state index contributed by atoms with van der Waals surface area (Å²) in [5.74, 6) is -0.187. The van der Waals surface area contributed by atoms with E-state index in [1.165, 1.54) is 6.07 Å². The number of halogens is 1. The second-order valence-corrected chi connectivity index (χ2v) is 4.84. The van der Waals surface area contributed by atoms with E-state index in [-0.39, 0.29) is 5.56 Å². The van der Waals surface area contributed by atoms with E-state index in [4.69, 9.17) is 21.4 Å². The van der Waals surface area contributed by atoms with Crippen molar-refractivity contribution in [3.05, 3.63) is 53.1 Å². The molecule has 1 N–H and O–H groups in total. The normalized spacial score (nSPS) is 10.3. The van der Waals surface area contributed by atoms with Crippen LogP contribution >= 0.6 is 11.6 Å². The van der Waals surface area contributed by atoms with Crippen LogP contribution in [0.25, 0.3) is 11.1 Å². The smallest absolute Gasteiger partial charge is 0.335 e. The molecule has 2 aromatic carbocycles. The molecule has 20 heavy (non-hydrogen) atoms. The van der Waals surface area contributed by atoms with Crippen LogP contribution in [0.5, 0.6) is 5.75 Å². The summed E-state index contributed by atoms with van der Waals surface area (Å²) in [6.45, 7) is 2.73. The van der Waals surface area contributed by atoms with Gasteiger partial charge in [0, 0.05) is 5.02 Å². The molecule has 0 unspecified atom stereocenters. The zero-order valence-electron chi connectivity index (χ0n) is 11.1. The lowest BCUT2D eigenvalue weighted by atomic mass is 10.0. The van der Waals surface area contributed by atoms with Gasteiger partial charge < -0.3 is 9.84 Å². The maximum absolute atomic E-state index is 11.0. The van der Waals surface area contributed by atoms with E-state index < -0.39 is 5.97 Å². The van der Waals surface area contributed by atoms with Crippen LogP contribution < -0.4 is 4.74 Å². The molecule has 0 aliphatic carbocycles. The fraction of sp³-hybridized carbons (Fsp3) is 0.188. The SMILES string of the molecule is CCCOc1ccc(-c2cc(Cl)cc(C(=O)O)c2)cc1. The van der Waals surface area contributed by atoms with Crippen LogP contribution in [0.15, 0.2) is 42.5 Å². The summed E-state index contributed by atoms with van der Waals surface area (Å²) in [6.07, 6.45) is 0.956. The van der Waals surface area contributed by atoms with E-state index in [2.05, 4.69) is 0 Å². The van der Waals surface area contributed by atoms with Gasteiger partial charge in [-0.1, -0.05) is 30.7 Å². The predicted molar refractivity (Wildman–Crippen MR) is 79.6 cm³/mol. The predicted octanol–water partition coefficient (Wildman–Crippen LogP) is 4.49. The summed E-state index contributed by atoms with van der Waals surface area (Å²) in [6, 6.07) is 12.3. The largest absolute Gasteiger partial charge is 0.494 e. The van der Waals surface area contributed by atoms with Gasteiger partial charge in [-0.25, -0.2) is 4.79 Å². The van der Waals surface area contributed by atoms with Crippen molar-refractivity contribution >= 4 is 17.6 Å². The number of carboxylic acids is 1. The first-order chi connectivity index (χ1) is 9.60. The van der Waals surface area contributed by atoms with E-state index in [0.717, 1.165) is 23.3 Å². The second-order valence-electron chi connectivity index (χ2n) is 4.41. The van der Waals surface area contributed by atoms with Crippen molar-refractivity contribution in [2.24, 2.45) is 0 Å². The molecule has 2 aromatic rings. The monoisotopic (exact) mass is 290 g/mol. The molecule has 0 amide bonds. The summed E-state index contributed by atoms with van der Waals surface area (Å²) in [7, 11) is 0. The standard InChI is InChI=1S/C16H15ClO3/c1-2-7-20-15-5-3-11(4-6-15)12-8-13(16(18)19)10-14(17)9-12/h3-6,8-10H,2,7H2,1H3,(H,18,19). The van der Waals surface area contributed by atoms with Gasteiger partial charge in [-0.15, -0.1) is 0 Å². The third kappa shape index (κ3) is 3.52. The Morgan fingerprint density at radius 2 is 1.85 bits per heavy atom. The number of carboxylic acid groups (broad SMARTS) is 1. The van der Waals surface area contributed by atoms with Crippen molar-refractivity contribution in [1.82, 2.24) is 0 Å². The lowest BCUT2D eigenvalue weighted by Gasteiger charge is -2.07. The summed E-state index contributed by atoms with van der Waals surface area (Å²) in [5.41, 5.74) is 1.86. The second kappa shape index (κ2) is 6.44. The van der Waals surface area contributed by atoms with Crippen LogP contribution in [0, 0.1) is 0 Å². The number of benzene rings is 2. The molecule has 0 saturated carbocycles. The zero-order chi connectivity index (χ0) is 14.5. The molecule has 0 radical (unpaired) electrons. The van der Waals surface area contributed by atoms with Crippen LogP contribution in [-0.4, -0.2) is 17.7 Å². The van der Waals surface area contributed by atoms with Crippen LogP contribution in [0.4, 0.5) is 0 Å². The van der Waals surface area contributed by atoms with Crippen molar-refractivity contribution in [2.45, 2.75) is 13.3 Å². The number of carbonyl (C=O) groups is 1. The van der Waals surface area contributed by atoms with Gasteiger partial charge in [-0.3, -0.25) is 0 Å². The Hall–Kier alpha value is -2.00. The highest BCUT2D eigenvalue weighted by Gasteiger charge is 2.07. The van der Waals surface area contributed by atoms with Gasteiger partial charge in [0.2, 0.25) is 0 Å². The van der Waals surface area contributed by atoms with Crippen molar-refractivity contribution in [2.75, 3.05) is 6.61 Å². The maximum Gasteiger partial charge on any atom is 0.335 e. The minimum atomic E-state index is -0.989. The van der Waals surface area contributed by atoms with Crippen LogP contribution in [0.1, 0.15) is 23.7 Å². The molecule has 0 heterocycles. The van der Waals surface area contributed by atoms with Crippen molar-refractivity contribution in [3.63, 3.8) is 0 Å². The van der Waals surface area contributed by atoms with Gasteiger partial charge in [0.1, 0.15) is 5.75 Å². The number of aromatic carboxylic acids is 1. The maximum atomic E-state index is 11.0. The van der Waals surface area contributed by atoms with Crippen LogP contribution in [0.3, 0.4) is 0 Å². The lowest BCUT2D eigenvalue weighted by Crippen LogP contribution is -1.97. The first-order valence-electron chi connectivity index (χ1n) is 6.37. The molecule has 104 valence electrons. The van der Waals surface area contributed by atoms with Crippen LogP contribution in [0.2, 0.25) is 5.02 Å². The first-order valence-corrected chi connectivity index (χ1v) is 6.75. The zero-order valence-corrected chi connectivity index (χ0v) is 11.9. The third-order valence-corrected chi connectivity index (χ3v) is 3.02. The Balaban J connectivity index is 2.29. The highest BCUT2D eigenvalue weighted by molar-refractivity contribution is 6.31. The first kappa shape index (κ1) is 14.4. The minimum absolute atomic E-state index is 0.179. The molecule has 0 fully saturated rings. The molecular weight excluding hydrogens is 276 g/mol. The Morgan fingerprint density at radius 3 is 2.45 bits per heavy atom. The molecule has 0 aromatic heterocycles. The molecule has 0 aliphatic heterocycles. The molecule has 0 saturated heterocycles. The number of hydrogen-bond donors (Lipinski definition) is 1. The highest BCUT2D eigenvalue weighted by atomic mass is 35.5. The minimum Gasteiger partial charge on any atom is -0.494 e. The highest BCUT2D eigenvalue weighted by Crippen LogP contribution is 2.26. The molecular formula is C16H15ClO3. The van der Waals surface area contributed by atoms with Crippen molar-refractivity contribution in [1.29, 1.82) is 0 Å². The lowest BCUT2D eigenvalue weighted by molar-refractivity contribution is 0.0697. The number of rotatable bonds is 5. The van der Waals surface area contributed by atoms with E-state index in [9.17, 15) is 4.79 Å². The van der Waals surface area contributed by atoms with Gasteiger partial charge in [0.05, 0.1) is 12.2 Å². The van der Waals surface area contributed by atoms with Gasteiger partial charge in [0.25, 0.3) is 0 Å². The van der Waals surface area contributed by atoms with Gasteiger partial charge in [-0.2, -0.15) is 0 Å². The van der Waals surface area contributed by atoms with Crippen molar-refractivity contribution < 1.29 is 14.6 Å². The van der Waals surface area contributed by atoms with Gasteiger partial charge in [-0.05, 0) is 47.9 Å². The molecule has 2 rings (SSSR count). The summed E-state index contributed by atoms with van der Waals surface area (Å²) < 4.78 is 5.51. The van der Waals surface area contributed by atoms with E-state index in [0.29, 0.717) is 11.6 Å². The molecule has 4 heteroatoms. The molecule has 0 spiro atoms. The Labute approximate surface area is 122 Å². The summed E-state index contributed by atoms with van der Waals surface area (Å²) in [5, 5.41) is 9.45. The van der Waals surface area contributed by atoms with E-state index >= 15 is 0 Å². The van der Waals surface area contributed by atoms with Crippen molar-refractivity contribution in [3.8, 4) is 16.9 Å². The quantitative estimate of drug-likeness (QED) is 0.882. The molecule has 0 atom stereocenters. The Bertz CT molecular complexity index is 606. The van der Waals surface area contributed by atoms with E-state index in [1.807, 2.05) is 31.2 Å². The molecule has 0 aliphatic rings. The summed E-state index contributed by atoms with van der Waals surface area (Å²) in [4.78, 5) is 11.0. The molecule has 0 bridgehead atoms. The Morgan fingerprint density at radius 1 is 1.15 bits per heavy atom. The molecule has 3 nitrogen and oxygen atoms in total. The summed E-state index contributed by atoms with van der Waals surface area (Å²) >= 11 is 5.96. The topological polar surface area (TPSA) is 46.5 Å². The fourth-order valence-electron chi connectivity index (χ4n) is 1.84.